The first-order chi connectivity index (χ1) is 18.4. The molecule has 39 heavy (non-hydrogen) atoms. The minimum atomic E-state index is -3.46. The van der Waals surface area contributed by atoms with Gasteiger partial charge < -0.3 is 34.9 Å². The van der Waals surface area contributed by atoms with Crippen LogP contribution in [0.4, 0.5) is 16.2 Å². The number of rotatable bonds is 7. The molecule has 2 aromatic carbocycles. The van der Waals surface area contributed by atoms with E-state index in [1.807, 2.05) is 6.92 Å². The molecule has 0 saturated carbocycles. The average Bonchev–Trinajstić information content (AvgIpc) is 3.35. The van der Waals surface area contributed by atoms with Gasteiger partial charge in [-0.2, -0.15) is 0 Å². The van der Waals surface area contributed by atoms with E-state index in [9.17, 15) is 23.1 Å². The lowest BCUT2D eigenvalue weighted by Gasteiger charge is -2.33. The monoisotopic (exact) mass is 562 g/mol. The van der Waals surface area contributed by atoms with Crippen molar-refractivity contribution in [2.75, 3.05) is 50.4 Å². The number of carbonyl (C=O) groups excluding carboxylic acids is 2. The summed E-state index contributed by atoms with van der Waals surface area (Å²) in [6.07, 6.45) is 0.521. The third kappa shape index (κ3) is 6.91. The first-order valence-electron chi connectivity index (χ1n) is 12.5. The molecule has 0 unspecified atom stereocenters. The molecule has 2 aliphatic heterocycles. The Bertz CT molecular complexity index is 1340. The number of ether oxygens (including phenoxy) is 3. The molecule has 12 nitrogen and oxygen atoms in total. The number of aliphatic hydroxyl groups excluding tert-OH is 1. The van der Waals surface area contributed by atoms with E-state index in [2.05, 4.69) is 10.6 Å². The summed E-state index contributed by atoms with van der Waals surface area (Å²) < 4.78 is 42.3. The van der Waals surface area contributed by atoms with Crippen LogP contribution in [0, 0.1) is 5.92 Å². The number of hydrogen-bond donors (Lipinski definition) is 3. The summed E-state index contributed by atoms with van der Waals surface area (Å²) >= 11 is 0. The highest BCUT2D eigenvalue weighted by molar-refractivity contribution is 7.88. The summed E-state index contributed by atoms with van der Waals surface area (Å²) in [7, 11) is -1.99. The van der Waals surface area contributed by atoms with Gasteiger partial charge in [-0.15, -0.1) is 0 Å². The highest BCUT2D eigenvalue weighted by Gasteiger charge is 2.32. The Balaban J connectivity index is 1.57. The third-order valence-electron chi connectivity index (χ3n) is 6.81. The van der Waals surface area contributed by atoms with E-state index in [0.717, 1.165) is 6.26 Å². The van der Waals surface area contributed by atoms with Crippen LogP contribution in [-0.2, 0) is 21.2 Å². The van der Waals surface area contributed by atoms with Crippen molar-refractivity contribution in [2.24, 2.45) is 5.92 Å². The van der Waals surface area contributed by atoms with Crippen LogP contribution in [0.25, 0.3) is 0 Å². The summed E-state index contributed by atoms with van der Waals surface area (Å²) in [5.74, 6) is 1.09. The fraction of sp³-hybridized carbons (Fsp3) is 0.462. The minimum absolute atomic E-state index is 0.0275. The van der Waals surface area contributed by atoms with Gasteiger partial charge in [-0.05, 0) is 37.3 Å². The number of likely N-dealkylation sites (N-methyl/N-ethyl adjacent to an activating group) is 1. The number of benzene rings is 2. The van der Waals surface area contributed by atoms with E-state index in [1.54, 1.807) is 48.2 Å². The number of nitrogens with one attached hydrogen (secondary N) is 2. The normalized spacial score (nSPS) is 19.8. The maximum absolute atomic E-state index is 13.3. The highest BCUT2D eigenvalue weighted by atomic mass is 32.2. The molecule has 0 radical (unpaired) electrons. The lowest BCUT2D eigenvalue weighted by molar-refractivity contribution is -0.134. The second-order valence-electron chi connectivity index (χ2n) is 9.90. The molecule has 0 aliphatic carbocycles. The zero-order valence-corrected chi connectivity index (χ0v) is 23.2. The molecule has 212 valence electrons. The number of sulfonamides is 1. The van der Waals surface area contributed by atoms with Crippen molar-refractivity contribution >= 4 is 33.3 Å². The van der Waals surface area contributed by atoms with Gasteiger partial charge in [0.05, 0.1) is 31.9 Å². The van der Waals surface area contributed by atoms with Crippen molar-refractivity contribution in [3.63, 3.8) is 0 Å². The average molecular weight is 563 g/mol. The zero-order valence-electron chi connectivity index (χ0n) is 22.3. The van der Waals surface area contributed by atoms with Crippen LogP contribution in [0.15, 0.2) is 36.4 Å². The standard InChI is InChI=1S/C26H34N4O8S/c1-16-12-30(17(2)14-31)25(32)10-18-9-19(5-7-21(18)38-24(16)13-29(3)39(4,34)35)27-26(33)28-20-6-8-22-23(11-20)37-15-36-22/h5-9,11,16-17,24,31H,10,12-15H2,1-4H3,(H2,27,28,33)/t16-,17+,24+/m1/s1. The predicted octanol–water partition coefficient (Wildman–Crippen LogP) is 2.10. The van der Waals surface area contributed by atoms with Crippen LogP contribution in [0.1, 0.15) is 19.4 Å². The number of hydrogen-bond acceptors (Lipinski definition) is 8. The van der Waals surface area contributed by atoms with E-state index >= 15 is 0 Å². The molecule has 0 bridgehead atoms. The molecule has 0 aromatic heterocycles. The molecular weight excluding hydrogens is 528 g/mol. The summed E-state index contributed by atoms with van der Waals surface area (Å²) in [5, 5.41) is 15.3. The molecule has 0 saturated heterocycles. The molecule has 2 aliphatic rings. The smallest absolute Gasteiger partial charge is 0.323 e. The summed E-state index contributed by atoms with van der Waals surface area (Å²) in [6, 6.07) is 9.07. The maximum Gasteiger partial charge on any atom is 0.323 e. The molecule has 2 heterocycles. The second-order valence-corrected chi connectivity index (χ2v) is 12.0. The van der Waals surface area contributed by atoms with Crippen molar-refractivity contribution < 1.29 is 37.3 Å². The topological polar surface area (TPSA) is 147 Å². The van der Waals surface area contributed by atoms with E-state index in [4.69, 9.17) is 14.2 Å². The second kappa shape index (κ2) is 11.7. The van der Waals surface area contributed by atoms with E-state index in [-0.39, 0.29) is 44.7 Å². The lowest BCUT2D eigenvalue weighted by atomic mass is 10.0. The molecular formula is C26H34N4O8S. The van der Waals surface area contributed by atoms with Gasteiger partial charge in [-0.3, -0.25) is 4.79 Å². The molecule has 2 aromatic rings. The molecule has 0 fully saturated rings. The van der Waals surface area contributed by atoms with Gasteiger partial charge in [0.25, 0.3) is 0 Å². The fourth-order valence-electron chi connectivity index (χ4n) is 4.38. The Kier molecular flexibility index (Phi) is 8.52. The quantitative estimate of drug-likeness (QED) is 0.465. The van der Waals surface area contributed by atoms with E-state index < -0.39 is 28.2 Å². The van der Waals surface area contributed by atoms with Crippen molar-refractivity contribution in [2.45, 2.75) is 32.4 Å². The van der Waals surface area contributed by atoms with Gasteiger partial charge >= 0.3 is 6.03 Å². The van der Waals surface area contributed by atoms with Crippen molar-refractivity contribution in [3.05, 3.63) is 42.0 Å². The zero-order chi connectivity index (χ0) is 28.3. The summed E-state index contributed by atoms with van der Waals surface area (Å²) in [6.45, 7) is 3.89. The Morgan fingerprint density at radius 3 is 2.44 bits per heavy atom. The van der Waals surface area contributed by atoms with Crippen LogP contribution in [0.2, 0.25) is 0 Å². The number of amides is 3. The molecule has 13 heteroatoms. The first kappa shape index (κ1) is 28.5. The predicted molar refractivity (Wildman–Crippen MR) is 145 cm³/mol. The number of carbonyl (C=O) groups is 2. The van der Waals surface area contributed by atoms with Gasteiger partial charge in [-0.1, -0.05) is 6.92 Å². The van der Waals surface area contributed by atoms with Crippen molar-refractivity contribution in [3.8, 4) is 17.2 Å². The summed E-state index contributed by atoms with van der Waals surface area (Å²) in [4.78, 5) is 27.6. The third-order valence-corrected chi connectivity index (χ3v) is 8.09. The van der Waals surface area contributed by atoms with Crippen LogP contribution in [0.5, 0.6) is 17.2 Å². The molecule has 4 rings (SSSR count). The Labute approximate surface area is 227 Å². The first-order valence-corrected chi connectivity index (χ1v) is 14.4. The summed E-state index contributed by atoms with van der Waals surface area (Å²) in [5.41, 5.74) is 1.47. The van der Waals surface area contributed by atoms with Crippen LogP contribution in [-0.4, -0.2) is 86.6 Å². The molecule has 3 N–H and O–H groups in total. The number of fused-ring (bicyclic) bond motifs is 2. The number of aliphatic hydroxyl groups is 1. The Hall–Kier alpha value is -3.55. The molecule has 0 spiro atoms. The molecule has 3 atom stereocenters. The SMILES string of the molecule is C[C@@H]1CN([C@@H](C)CO)C(=O)Cc2cc(NC(=O)Nc3ccc4c(c3)OCO4)ccc2O[C@H]1CN(C)S(C)(=O)=O. The Morgan fingerprint density at radius 1 is 1.13 bits per heavy atom. The maximum atomic E-state index is 13.3. The molecule has 3 amide bonds. The minimum Gasteiger partial charge on any atom is -0.488 e. The van der Waals surface area contributed by atoms with Gasteiger partial charge in [0.2, 0.25) is 22.7 Å². The van der Waals surface area contributed by atoms with E-state index in [0.29, 0.717) is 34.2 Å². The number of anilines is 2. The van der Waals surface area contributed by atoms with Gasteiger partial charge in [0, 0.05) is 42.5 Å². The van der Waals surface area contributed by atoms with Crippen LogP contribution in [0.3, 0.4) is 0 Å². The van der Waals surface area contributed by atoms with E-state index in [1.165, 1.54) is 11.4 Å². The van der Waals surface area contributed by atoms with Crippen molar-refractivity contribution in [1.29, 1.82) is 0 Å². The Morgan fingerprint density at radius 2 is 1.77 bits per heavy atom. The van der Waals surface area contributed by atoms with Crippen LogP contribution < -0.4 is 24.8 Å². The van der Waals surface area contributed by atoms with Crippen molar-refractivity contribution in [1.82, 2.24) is 9.21 Å². The van der Waals surface area contributed by atoms with Gasteiger partial charge in [-0.25, -0.2) is 17.5 Å². The highest BCUT2D eigenvalue weighted by Crippen LogP contribution is 2.34. The number of urea groups is 1. The van der Waals surface area contributed by atoms with Gasteiger partial charge in [0.1, 0.15) is 11.9 Å². The largest absolute Gasteiger partial charge is 0.488 e. The fourth-order valence-corrected chi connectivity index (χ4v) is 4.80. The number of nitrogens with zero attached hydrogens (tertiary/aromatic N) is 2. The lowest BCUT2D eigenvalue weighted by Crippen LogP contribution is -2.48. The van der Waals surface area contributed by atoms with Gasteiger partial charge in [0.15, 0.2) is 11.5 Å². The van der Waals surface area contributed by atoms with Crippen LogP contribution >= 0.6 is 0 Å².